The smallest absolute Gasteiger partial charge is 0.300 e. The summed E-state index contributed by atoms with van der Waals surface area (Å²) in [6.45, 7) is 0. The summed E-state index contributed by atoms with van der Waals surface area (Å²) >= 11 is 5.84. The zero-order valence-corrected chi connectivity index (χ0v) is 8.99. The van der Waals surface area contributed by atoms with Crippen LogP contribution >= 0.6 is 11.6 Å². The molecule has 0 radical (unpaired) electrons. The summed E-state index contributed by atoms with van der Waals surface area (Å²) in [7, 11) is 3.43. The summed E-state index contributed by atoms with van der Waals surface area (Å²) in [5.74, 6) is 0. The molecule has 0 aliphatic heterocycles. The Balaban J connectivity index is 3.49. The van der Waals surface area contributed by atoms with E-state index in [9.17, 15) is 14.9 Å². The molecule has 0 bridgehead atoms. The number of nitro groups is 1. The molecule has 6 heteroatoms. The Hall–Kier alpha value is -1.62. The number of rotatable bonds is 3. The highest BCUT2D eigenvalue weighted by Gasteiger charge is 2.22. The van der Waals surface area contributed by atoms with E-state index in [1.807, 2.05) is 0 Å². The van der Waals surface area contributed by atoms with E-state index in [-0.39, 0.29) is 16.3 Å². The Morgan fingerprint density at radius 1 is 1.47 bits per heavy atom. The van der Waals surface area contributed by atoms with Crippen molar-refractivity contribution in [2.45, 2.75) is 0 Å². The second-order valence-electron chi connectivity index (χ2n) is 3.11. The van der Waals surface area contributed by atoms with Gasteiger partial charge in [0.2, 0.25) is 0 Å². The van der Waals surface area contributed by atoms with Crippen LogP contribution in [0.5, 0.6) is 0 Å². The van der Waals surface area contributed by atoms with Gasteiger partial charge < -0.3 is 4.90 Å². The number of nitro benzene ring substituents is 1. The average Bonchev–Trinajstić information content (AvgIpc) is 2.15. The van der Waals surface area contributed by atoms with Gasteiger partial charge in [-0.05, 0) is 12.1 Å². The average molecular weight is 229 g/mol. The molecule has 1 aromatic carbocycles. The summed E-state index contributed by atoms with van der Waals surface area (Å²) in [6.07, 6.45) is 0.420. The molecular formula is C9H9ClN2O3. The molecule has 0 unspecified atom stereocenters. The number of nitrogens with zero attached hydrogens (tertiary/aromatic N) is 2. The molecule has 0 aliphatic carbocycles. The summed E-state index contributed by atoms with van der Waals surface area (Å²) in [6, 6.07) is 2.95. The fourth-order valence-corrected chi connectivity index (χ4v) is 1.61. The van der Waals surface area contributed by atoms with Gasteiger partial charge in [0.15, 0.2) is 6.29 Å². The maximum Gasteiger partial charge on any atom is 0.300 e. The Kier molecular flexibility index (Phi) is 3.26. The minimum Gasteiger partial charge on any atom is -0.376 e. The molecule has 0 atom stereocenters. The number of anilines is 1. The van der Waals surface area contributed by atoms with Crippen LogP contribution < -0.4 is 4.90 Å². The SMILES string of the molecule is CN(C)c1ccc(C=O)c([N+](=O)[O-])c1Cl. The molecule has 0 saturated carbocycles. The standard InChI is InChI=1S/C9H9ClN2O3/c1-11(2)7-4-3-6(5-13)9(8(7)10)12(14)15/h3-5H,1-2H3. The van der Waals surface area contributed by atoms with Crippen LogP contribution in [0.25, 0.3) is 0 Å². The predicted octanol–water partition coefficient (Wildman–Crippen LogP) is 2.13. The normalized spacial score (nSPS) is 9.80. The second-order valence-corrected chi connectivity index (χ2v) is 3.48. The zero-order valence-electron chi connectivity index (χ0n) is 8.23. The first-order valence-electron chi connectivity index (χ1n) is 4.08. The van der Waals surface area contributed by atoms with Crippen molar-refractivity contribution in [1.29, 1.82) is 0 Å². The van der Waals surface area contributed by atoms with Crippen LogP contribution in [0.4, 0.5) is 11.4 Å². The van der Waals surface area contributed by atoms with Crippen molar-refractivity contribution in [1.82, 2.24) is 0 Å². The van der Waals surface area contributed by atoms with E-state index in [1.54, 1.807) is 25.1 Å². The number of benzene rings is 1. The van der Waals surface area contributed by atoms with Gasteiger partial charge in [-0.2, -0.15) is 0 Å². The van der Waals surface area contributed by atoms with Gasteiger partial charge in [-0.3, -0.25) is 14.9 Å². The largest absolute Gasteiger partial charge is 0.376 e. The van der Waals surface area contributed by atoms with Gasteiger partial charge in [-0.1, -0.05) is 11.6 Å². The van der Waals surface area contributed by atoms with E-state index in [1.165, 1.54) is 6.07 Å². The monoisotopic (exact) mass is 228 g/mol. The number of hydrogen-bond donors (Lipinski definition) is 0. The highest BCUT2D eigenvalue weighted by atomic mass is 35.5. The Bertz CT molecular complexity index is 418. The van der Waals surface area contributed by atoms with E-state index in [0.29, 0.717) is 12.0 Å². The number of carbonyl (C=O) groups is 1. The topological polar surface area (TPSA) is 63.5 Å². The van der Waals surface area contributed by atoms with E-state index in [4.69, 9.17) is 11.6 Å². The third-order valence-electron chi connectivity index (χ3n) is 1.92. The van der Waals surface area contributed by atoms with Crippen molar-refractivity contribution in [3.8, 4) is 0 Å². The first kappa shape index (κ1) is 11.5. The van der Waals surface area contributed by atoms with Gasteiger partial charge in [-0.25, -0.2) is 0 Å². The van der Waals surface area contributed by atoms with Crippen molar-refractivity contribution >= 4 is 29.3 Å². The molecule has 1 rings (SSSR count). The van der Waals surface area contributed by atoms with Crippen LogP contribution in [-0.2, 0) is 0 Å². The Labute approximate surface area is 91.4 Å². The molecule has 15 heavy (non-hydrogen) atoms. The third-order valence-corrected chi connectivity index (χ3v) is 2.29. The molecule has 5 nitrogen and oxygen atoms in total. The molecule has 0 N–H and O–H groups in total. The van der Waals surface area contributed by atoms with Crippen LogP contribution in [0.3, 0.4) is 0 Å². The Morgan fingerprint density at radius 2 is 2.07 bits per heavy atom. The van der Waals surface area contributed by atoms with Crippen molar-refractivity contribution in [2.24, 2.45) is 0 Å². The van der Waals surface area contributed by atoms with Crippen LogP contribution in [0.2, 0.25) is 5.02 Å². The highest BCUT2D eigenvalue weighted by Crippen LogP contribution is 2.35. The summed E-state index contributed by atoms with van der Waals surface area (Å²) < 4.78 is 0. The second kappa shape index (κ2) is 4.27. The first-order valence-corrected chi connectivity index (χ1v) is 4.46. The first-order chi connectivity index (χ1) is 6.99. The van der Waals surface area contributed by atoms with Crippen molar-refractivity contribution in [2.75, 3.05) is 19.0 Å². The number of carbonyl (C=O) groups excluding carboxylic acids is 1. The third kappa shape index (κ3) is 2.07. The lowest BCUT2D eigenvalue weighted by atomic mass is 10.1. The molecule has 0 aromatic heterocycles. The zero-order chi connectivity index (χ0) is 11.6. The Morgan fingerprint density at radius 3 is 2.47 bits per heavy atom. The van der Waals surface area contributed by atoms with E-state index >= 15 is 0 Å². The van der Waals surface area contributed by atoms with Crippen LogP contribution in [-0.4, -0.2) is 25.3 Å². The van der Waals surface area contributed by atoms with Crippen molar-refractivity contribution in [3.05, 3.63) is 32.8 Å². The molecular weight excluding hydrogens is 220 g/mol. The van der Waals surface area contributed by atoms with Crippen LogP contribution in [0.1, 0.15) is 10.4 Å². The van der Waals surface area contributed by atoms with Gasteiger partial charge >= 0.3 is 0 Å². The fraction of sp³-hybridized carbons (Fsp3) is 0.222. The summed E-state index contributed by atoms with van der Waals surface area (Å²) in [5.41, 5.74) is 0.141. The lowest BCUT2D eigenvalue weighted by Gasteiger charge is -2.14. The number of aldehydes is 1. The number of halogens is 1. The molecule has 1 aromatic rings. The maximum atomic E-state index is 10.7. The van der Waals surface area contributed by atoms with E-state index < -0.39 is 4.92 Å². The van der Waals surface area contributed by atoms with Crippen LogP contribution in [0, 0.1) is 10.1 Å². The minimum absolute atomic E-state index is 0.0180. The number of hydrogen-bond acceptors (Lipinski definition) is 4. The molecule has 0 spiro atoms. The van der Waals surface area contributed by atoms with Gasteiger partial charge in [0.1, 0.15) is 5.02 Å². The van der Waals surface area contributed by atoms with Gasteiger partial charge in [0.05, 0.1) is 16.2 Å². The van der Waals surface area contributed by atoms with E-state index in [0.717, 1.165) is 0 Å². The molecule has 0 saturated heterocycles. The van der Waals surface area contributed by atoms with Crippen molar-refractivity contribution in [3.63, 3.8) is 0 Å². The summed E-state index contributed by atoms with van der Waals surface area (Å²) in [4.78, 5) is 22.3. The molecule has 0 heterocycles. The highest BCUT2D eigenvalue weighted by molar-refractivity contribution is 6.36. The fourth-order valence-electron chi connectivity index (χ4n) is 1.19. The maximum absolute atomic E-state index is 10.7. The van der Waals surface area contributed by atoms with Gasteiger partial charge in [0, 0.05) is 14.1 Å². The molecule has 0 amide bonds. The van der Waals surface area contributed by atoms with Gasteiger partial charge in [-0.15, -0.1) is 0 Å². The van der Waals surface area contributed by atoms with Crippen LogP contribution in [0.15, 0.2) is 12.1 Å². The summed E-state index contributed by atoms with van der Waals surface area (Å²) in [5, 5.41) is 10.7. The van der Waals surface area contributed by atoms with E-state index in [2.05, 4.69) is 0 Å². The van der Waals surface area contributed by atoms with Crippen molar-refractivity contribution < 1.29 is 9.72 Å². The molecule has 80 valence electrons. The minimum atomic E-state index is -0.654. The lowest BCUT2D eigenvalue weighted by Crippen LogP contribution is -2.10. The van der Waals surface area contributed by atoms with Gasteiger partial charge in [0.25, 0.3) is 5.69 Å². The lowest BCUT2D eigenvalue weighted by molar-refractivity contribution is -0.384. The predicted molar refractivity (Wildman–Crippen MR) is 57.8 cm³/mol. The molecule has 0 fully saturated rings. The molecule has 0 aliphatic rings. The quantitative estimate of drug-likeness (QED) is 0.452.